The fraction of sp³-hybridized carbons (Fsp3) is 1.00. The predicted molar refractivity (Wildman–Crippen MR) is 63.8 cm³/mol. The molecule has 0 N–H and O–H groups in total. The minimum Gasteiger partial charge on any atom is -0.377 e. The number of hydrogen-bond donors (Lipinski definition) is 0. The monoisotopic (exact) mass is 210 g/mol. The molecule has 0 aromatic heterocycles. The van der Waals surface area contributed by atoms with Gasteiger partial charge in [0.25, 0.3) is 0 Å². The van der Waals surface area contributed by atoms with E-state index in [0.29, 0.717) is 16.9 Å². The third kappa shape index (κ3) is 1.54. The number of fused-ring (bicyclic) bond motifs is 1. The Morgan fingerprint density at radius 3 is 2.53 bits per heavy atom. The molecule has 0 amide bonds. The maximum absolute atomic E-state index is 6.05. The molecule has 0 aromatic rings. The molecule has 2 rings (SSSR count). The SMILES string of the molecule is CCCC1OCC2(C)CC(C)C(C)(C)C12. The van der Waals surface area contributed by atoms with Gasteiger partial charge in [-0.25, -0.2) is 0 Å². The van der Waals surface area contributed by atoms with Crippen molar-refractivity contribution >= 4 is 0 Å². The molecular weight excluding hydrogens is 184 g/mol. The Morgan fingerprint density at radius 2 is 1.93 bits per heavy atom. The Kier molecular flexibility index (Phi) is 2.65. The molecule has 2 fully saturated rings. The van der Waals surface area contributed by atoms with Crippen LogP contribution in [0.4, 0.5) is 0 Å². The second kappa shape index (κ2) is 3.48. The highest BCUT2D eigenvalue weighted by Gasteiger charge is 2.60. The highest BCUT2D eigenvalue weighted by molar-refractivity contribution is 5.07. The second-order valence-electron chi connectivity index (χ2n) is 6.70. The summed E-state index contributed by atoms with van der Waals surface area (Å²) in [5.74, 6) is 1.62. The number of rotatable bonds is 2. The van der Waals surface area contributed by atoms with Gasteiger partial charge in [0.2, 0.25) is 0 Å². The Hall–Kier alpha value is -0.0400. The highest BCUT2D eigenvalue weighted by atomic mass is 16.5. The van der Waals surface area contributed by atoms with Gasteiger partial charge in [-0.2, -0.15) is 0 Å². The Balaban J connectivity index is 2.25. The van der Waals surface area contributed by atoms with Crippen LogP contribution in [0.3, 0.4) is 0 Å². The van der Waals surface area contributed by atoms with E-state index in [0.717, 1.165) is 18.4 Å². The van der Waals surface area contributed by atoms with E-state index >= 15 is 0 Å². The van der Waals surface area contributed by atoms with Crippen LogP contribution in [0.1, 0.15) is 53.9 Å². The molecule has 1 heterocycles. The van der Waals surface area contributed by atoms with Gasteiger partial charge in [0.05, 0.1) is 12.7 Å². The zero-order chi connectivity index (χ0) is 11.3. The molecule has 1 nitrogen and oxygen atoms in total. The van der Waals surface area contributed by atoms with Crippen molar-refractivity contribution in [2.24, 2.45) is 22.7 Å². The normalized spacial score (nSPS) is 48.2. The summed E-state index contributed by atoms with van der Waals surface area (Å²) in [6.07, 6.45) is 4.38. The molecule has 0 bridgehead atoms. The van der Waals surface area contributed by atoms with Gasteiger partial charge in [-0.3, -0.25) is 0 Å². The van der Waals surface area contributed by atoms with Crippen LogP contribution < -0.4 is 0 Å². The maximum atomic E-state index is 6.05. The Morgan fingerprint density at radius 1 is 1.27 bits per heavy atom. The topological polar surface area (TPSA) is 9.23 Å². The molecule has 1 aliphatic heterocycles. The van der Waals surface area contributed by atoms with Crippen molar-refractivity contribution in [3.05, 3.63) is 0 Å². The van der Waals surface area contributed by atoms with Gasteiger partial charge in [-0.15, -0.1) is 0 Å². The van der Waals surface area contributed by atoms with Crippen LogP contribution in [-0.2, 0) is 4.74 Å². The molecule has 15 heavy (non-hydrogen) atoms. The molecule has 4 unspecified atom stereocenters. The Labute approximate surface area is 94.6 Å². The molecule has 88 valence electrons. The summed E-state index contributed by atoms with van der Waals surface area (Å²) in [5, 5.41) is 0. The van der Waals surface area contributed by atoms with E-state index in [9.17, 15) is 0 Å². The first-order valence-electron chi connectivity index (χ1n) is 6.53. The van der Waals surface area contributed by atoms with Gasteiger partial charge in [0.15, 0.2) is 0 Å². The van der Waals surface area contributed by atoms with Crippen LogP contribution in [0.2, 0.25) is 0 Å². The molecule has 1 aliphatic carbocycles. The van der Waals surface area contributed by atoms with E-state index < -0.39 is 0 Å². The van der Waals surface area contributed by atoms with Crippen molar-refractivity contribution in [1.29, 1.82) is 0 Å². The smallest absolute Gasteiger partial charge is 0.0614 e. The van der Waals surface area contributed by atoms with Gasteiger partial charge in [-0.1, -0.05) is 41.0 Å². The molecule has 0 radical (unpaired) electrons. The summed E-state index contributed by atoms with van der Waals surface area (Å²) in [6.45, 7) is 13.0. The average Bonchev–Trinajstić information content (AvgIpc) is 2.51. The van der Waals surface area contributed by atoms with Gasteiger partial charge < -0.3 is 4.74 Å². The summed E-state index contributed by atoms with van der Waals surface area (Å²) < 4.78 is 6.05. The highest BCUT2D eigenvalue weighted by Crippen LogP contribution is 2.62. The van der Waals surface area contributed by atoms with E-state index in [4.69, 9.17) is 4.74 Å². The van der Waals surface area contributed by atoms with Crippen LogP contribution in [0.5, 0.6) is 0 Å². The molecule has 2 aliphatic rings. The molecule has 1 saturated carbocycles. The van der Waals surface area contributed by atoms with E-state index in [1.807, 2.05) is 0 Å². The van der Waals surface area contributed by atoms with E-state index in [2.05, 4.69) is 34.6 Å². The minimum absolute atomic E-state index is 0.461. The van der Waals surface area contributed by atoms with Crippen molar-refractivity contribution < 1.29 is 4.74 Å². The molecular formula is C14H26O. The van der Waals surface area contributed by atoms with Crippen molar-refractivity contribution in [2.45, 2.75) is 60.0 Å². The first-order valence-corrected chi connectivity index (χ1v) is 6.53. The molecule has 0 spiro atoms. The molecule has 1 saturated heterocycles. The van der Waals surface area contributed by atoms with Crippen molar-refractivity contribution in [2.75, 3.05) is 6.61 Å². The van der Waals surface area contributed by atoms with E-state index in [-0.39, 0.29) is 0 Å². The predicted octanol–water partition coefficient (Wildman–Crippen LogP) is 3.87. The van der Waals surface area contributed by atoms with Crippen LogP contribution in [-0.4, -0.2) is 12.7 Å². The van der Waals surface area contributed by atoms with Crippen LogP contribution in [0.25, 0.3) is 0 Å². The summed E-state index contributed by atoms with van der Waals surface area (Å²) in [7, 11) is 0. The van der Waals surface area contributed by atoms with Crippen LogP contribution in [0, 0.1) is 22.7 Å². The van der Waals surface area contributed by atoms with Gasteiger partial charge in [0, 0.05) is 0 Å². The fourth-order valence-corrected chi connectivity index (χ4v) is 4.30. The second-order valence-corrected chi connectivity index (χ2v) is 6.70. The molecule has 1 heteroatoms. The van der Waals surface area contributed by atoms with Gasteiger partial charge in [0.1, 0.15) is 0 Å². The third-order valence-electron chi connectivity index (χ3n) is 5.17. The lowest BCUT2D eigenvalue weighted by atomic mass is 9.68. The van der Waals surface area contributed by atoms with Crippen LogP contribution >= 0.6 is 0 Å². The number of hydrogen-bond acceptors (Lipinski definition) is 1. The van der Waals surface area contributed by atoms with Gasteiger partial charge >= 0.3 is 0 Å². The zero-order valence-corrected chi connectivity index (χ0v) is 11.0. The van der Waals surface area contributed by atoms with Crippen molar-refractivity contribution in [3.8, 4) is 0 Å². The first-order chi connectivity index (χ1) is 6.92. The summed E-state index contributed by atoms with van der Waals surface area (Å²) in [5.41, 5.74) is 0.924. The fourth-order valence-electron chi connectivity index (χ4n) is 4.30. The van der Waals surface area contributed by atoms with Gasteiger partial charge in [-0.05, 0) is 35.5 Å². The molecule has 0 aromatic carbocycles. The maximum Gasteiger partial charge on any atom is 0.0614 e. The summed E-state index contributed by atoms with van der Waals surface area (Å²) in [6, 6.07) is 0. The lowest BCUT2D eigenvalue weighted by molar-refractivity contribution is 0.0337. The first kappa shape index (κ1) is 11.4. The van der Waals surface area contributed by atoms with E-state index in [1.54, 1.807) is 0 Å². The van der Waals surface area contributed by atoms with E-state index in [1.165, 1.54) is 19.3 Å². The average molecular weight is 210 g/mol. The lowest BCUT2D eigenvalue weighted by Crippen LogP contribution is -2.34. The zero-order valence-electron chi connectivity index (χ0n) is 11.0. The quantitative estimate of drug-likeness (QED) is 0.672. The minimum atomic E-state index is 0.461. The van der Waals surface area contributed by atoms with Crippen molar-refractivity contribution in [3.63, 3.8) is 0 Å². The summed E-state index contributed by atoms with van der Waals surface area (Å²) in [4.78, 5) is 0. The van der Waals surface area contributed by atoms with Crippen LogP contribution in [0.15, 0.2) is 0 Å². The van der Waals surface area contributed by atoms with Crippen molar-refractivity contribution in [1.82, 2.24) is 0 Å². The standard InChI is InChI=1S/C14H26O/c1-6-7-11-12-13(3,4)10(2)8-14(12,5)9-15-11/h10-12H,6-9H2,1-5H3. The molecule has 4 atom stereocenters. The third-order valence-corrected chi connectivity index (χ3v) is 5.17. The lowest BCUT2D eigenvalue weighted by Gasteiger charge is -2.36. The number of ether oxygens (including phenoxy) is 1. The summed E-state index contributed by atoms with van der Waals surface area (Å²) >= 11 is 0. The largest absolute Gasteiger partial charge is 0.377 e. The Bertz CT molecular complexity index is 241.